The highest BCUT2D eigenvalue weighted by atomic mass is 16.6. The van der Waals surface area contributed by atoms with Gasteiger partial charge < -0.3 is 25.0 Å². The van der Waals surface area contributed by atoms with Gasteiger partial charge in [0.2, 0.25) is 5.95 Å². The Morgan fingerprint density at radius 3 is 2.83 bits per heavy atom. The molecule has 24 heavy (non-hydrogen) atoms. The topological polar surface area (TPSA) is 149 Å². The lowest BCUT2D eigenvalue weighted by Gasteiger charge is -2.16. The van der Waals surface area contributed by atoms with Gasteiger partial charge in [-0.25, -0.2) is 9.98 Å². The molecule has 0 bridgehead atoms. The van der Waals surface area contributed by atoms with E-state index in [2.05, 4.69) is 19.9 Å². The molecule has 3 heterocycles. The second-order valence-corrected chi connectivity index (χ2v) is 5.65. The van der Waals surface area contributed by atoms with Gasteiger partial charge in [0.15, 0.2) is 17.4 Å². The molecule has 0 unspecified atom stereocenters. The first kappa shape index (κ1) is 16.5. The molecule has 11 heteroatoms. The van der Waals surface area contributed by atoms with Crippen LogP contribution in [0, 0.1) is 0 Å². The molecule has 1 aliphatic heterocycles. The Kier molecular flexibility index (Phi) is 4.32. The minimum absolute atomic E-state index is 0.0524. The van der Waals surface area contributed by atoms with Crippen LogP contribution in [0.4, 0.5) is 5.95 Å². The van der Waals surface area contributed by atoms with E-state index in [1.165, 1.54) is 17.2 Å². The number of hydrogen-bond donors (Lipinski definition) is 4. The Morgan fingerprint density at radius 2 is 2.21 bits per heavy atom. The van der Waals surface area contributed by atoms with E-state index in [0.717, 1.165) is 0 Å². The van der Waals surface area contributed by atoms with Crippen molar-refractivity contribution >= 4 is 23.5 Å². The fraction of sp³-hybridized carbons (Fsp3) is 0.538. The minimum atomic E-state index is -1.30. The van der Waals surface area contributed by atoms with E-state index < -0.39 is 36.7 Å². The van der Waals surface area contributed by atoms with Crippen LogP contribution >= 0.6 is 0 Å². The zero-order valence-corrected chi connectivity index (χ0v) is 13.1. The van der Waals surface area contributed by atoms with Crippen LogP contribution in [0.15, 0.2) is 16.1 Å². The Hall–Kier alpha value is -2.34. The second-order valence-electron chi connectivity index (χ2n) is 5.65. The zero-order chi connectivity index (χ0) is 17.4. The van der Waals surface area contributed by atoms with Gasteiger partial charge in [-0.05, 0) is 0 Å². The summed E-state index contributed by atoms with van der Waals surface area (Å²) in [6.45, 7) is -0.451. The van der Waals surface area contributed by atoms with Crippen molar-refractivity contribution in [2.24, 2.45) is 4.99 Å². The van der Waals surface area contributed by atoms with Crippen LogP contribution in [-0.4, -0.2) is 85.1 Å². The summed E-state index contributed by atoms with van der Waals surface area (Å²) < 4.78 is 6.78. The van der Waals surface area contributed by atoms with Gasteiger partial charge in [0, 0.05) is 14.1 Å². The number of aromatic amines is 1. The molecule has 0 amide bonds. The SMILES string of the molecule is CN(C)/C=N/c1nc2c(ncn2[C@@H]2O[C@H](CO)[C@@H](O)[C@H]2O)c(=O)[nH]1. The standard InChI is InChI=1S/C13H18N6O5/c1-18(2)4-15-13-16-10-7(11(23)17-13)14-5-19(10)12-9(22)8(21)6(3-20)24-12/h4-6,8-9,12,20-22H,3H2,1-2H3,(H,16,17,23)/b15-4+/t6-,8-,9-,12-/m1/s1. The Labute approximate surface area is 135 Å². The van der Waals surface area contributed by atoms with E-state index in [1.807, 2.05) is 0 Å². The molecule has 2 aromatic heterocycles. The molecular weight excluding hydrogens is 320 g/mol. The van der Waals surface area contributed by atoms with Crippen molar-refractivity contribution in [3.63, 3.8) is 0 Å². The lowest BCUT2D eigenvalue weighted by molar-refractivity contribution is -0.0511. The Bertz CT molecular complexity index is 815. The number of ether oxygens (including phenoxy) is 1. The molecule has 3 rings (SSSR count). The van der Waals surface area contributed by atoms with Gasteiger partial charge in [-0.1, -0.05) is 0 Å². The summed E-state index contributed by atoms with van der Waals surface area (Å²) in [6, 6.07) is 0. The van der Waals surface area contributed by atoms with E-state index in [0.29, 0.717) is 0 Å². The van der Waals surface area contributed by atoms with E-state index in [1.54, 1.807) is 19.0 Å². The van der Waals surface area contributed by atoms with Crippen molar-refractivity contribution in [3.8, 4) is 0 Å². The number of H-pyrrole nitrogens is 1. The molecule has 2 aromatic rings. The first-order valence-electron chi connectivity index (χ1n) is 7.22. The predicted octanol–water partition coefficient (Wildman–Crippen LogP) is -2.05. The van der Waals surface area contributed by atoms with Gasteiger partial charge in [-0.15, -0.1) is 0 Å². The summed E-state index contributed by atoms with van der Waals surface area (Å²) >= 11 is 0. The van der Waals surface area contributed by atoms with Crippen molar-refractivity contribution < 1.29 is 20.1 Å². The quantitative estimate of drug-likeness (QED) is 0.368. The highest BCUT2D eigenvalue weighted by molar-refractivity contribution is 5.71. The van der Waals surface area contributed by atoms with Crippen LogP contribution in [0.1, 0.15) is 6.23 Å². The molecule has 1 aliphatic rings. The highest BCUT2D eigenvalue weighted by Crippen LogP contribution is 2.30. The van der Waals surface area contributed by atoms with E-state index >= 15 is 0 Å². The molecule has 4 atom stereocenters. The van der Waals surface area contributed by atoms with Gasteiger partial charge in [0.25, 0.3) is 5.56 Å². The third kappa shape index (κ3) is 2.78. The number of rotatable bonds is 4. The van der Waals surface area contributed by atoms with E-state index in [-0.39, 0.29) is 17.1 Å². The highest BCUT2D eigenvalue weighted by Gasteiger charge is 2.44. The zero-order valence-electron chi connectivity index (χ0n) is 13.1. The molecule has 0 radical (unpaired) electrons. The number of fused-ring (bicyclic) bond motifs is 1. The number of aromatic nitrogens is 4. The van der Waals surface area contributed by atoms with Gasteiger partial charge in [-0.2, -0.15) is 4.98 Å². The van der Waals surface area contributed by atoms with Crippen molar-refractivity contribution in [2.45, 2.75) is 24.5 Å². The second kappa shape index (κ2) is 6.28. The minimum Gasteiger partial charge on any atom is -0.394 e. The van der Waals surface area contributed by atoms with Gasteiger partial charge in [0.05, 0.1) is 19.3 Å². The summed E-state index contributed by atoms with van der Waals surface area (Å²) in [7, 11) is 3.53. The molecule has 1 fully saturated rings. The molecule has 1 saturated heterocycles. The van der Waals surface area contributed by atoms with Crippen molar-refractivity contribution in [2.75, 3.05) is 20.7 Å². The molecule has 130 valence electrons. The first-order chi connectivity index (χ1) is 11.4. The maximum Gasteiger partial charge on any atom is 0.280 e. The van der Waals surface area contributed by atoms with Gasteiger partial charge in [-0.3, -0.25) is 14.3 Å². The smallest absolute Gasteiger partial charge is 0.280 e. The Balaban J connectivity index is 2.05. The molecule has 4 N–H and O–H groups in total. The van der Waals surface area contributed by atoms with Crippen LogP contribution in [-0.2, 0) is 4.74 Å². The third-order valence-electron chi connectivity index (χ3n) is 3.62. The van der Waals surface area contributed by atoms with Crippen LogP contribution in [0.25, 0.3) is 11.2 Å². The maximum absolute atomic E-state index is 12.1. The Morgan fingerprint density at radius 1 is 1.46 bits per heavy atom. The summed E-state index contributed by atoms with van der Waals surface area (Å²) in [5.41, 5.74) is -0.285. The molecule has 0 aliphatic carbocycles. The summed E-state index contributed by atoms with van der Waals surface area (Å²) in [5.74, 6) is 0.0645. The third-order valence-corrected chi connectivity index (χ3v) is 3.62. The number of nitrogens with zero attached hydrogens (tertiary/aromatic N) is 5. The van der Waals surface area contributed by atoms with Crippen LogP contribution in [0.2, 0.25) is 0 Å². The van der Waals surface area contributed by atoms with Crippen molar-refractivity contribution in [3.05, 3.63) is 16.7 Å². The normalized spacial score (nSPS) is 27.4. The van der Waals surface area contributed by atoms with Crippen LogP contribution in [0.5, 0.6) is 0 Å². The molecule has 0 spiro atoms. The summed E-state index contributed by atoms with van der Waals surface area (Å²) in [6.07, 6.45) is -1.76. The fourth-order valence-electron chi connectivity index (χ4n) is 2.44. The van der Waals surface area contributed by atoms with E-state index in [9.17, 15) is 20.1 Å². The van der Waals surface area contributed by atoms with Crippen molar-refractivity contribution in [1.29, 1.82) is 0 Å². The average molecular weight is 338 g/mol. The lowest BCUT2D eigenvalue weighted by atomic mass is 10.1. The molecule has 11 nitrogen and oxygen atoms in total. The monoisotopic (exact) mass is 338 g/mol. The summed E-state index contributed by atoms with van der Waals surface area (Å²) in [5, 5.41) is 29.2. The number of nitrogens with one attached hydrogen (secondary N) is 1. The molecule has 0 aromatic carbocycles. The first-order valence-corrected chi connectivity index (χ1v) is 7.22. The molecular formula is C13H18N6O5. The van der Waals surface area contributed by atoms with Gasteiger partial charge >= 0.3 is 0 Å². The van der Waals surface area contributed by atoms with Crippen LogP contribution in [0.3, 0.4) is 0 Å². The fourth-order valence-corrected chi connectivity index (χ4v) is 2.44. The largest absolute Gasteiger partial charge is 0.394 e. The number of aliphatic hydroxyl groups excluding tert-OH is 3. The lowest BCUT2D eigenvalue weighted by Crippen LogP contribution is -2.33. The van der Waals surface area contributed by atoms with Gasteiger partial charge in [0.1, 0.15) is 18.3 Å². The number of aliphatic hydroxyl groups is 3. The number of aliphatic imine (C=N–C) groups is 1. The molecule has 0 saturated carbocycles. The average Bonchev–Trinajstić information content (AvgIpc) is 3.08. The van der Waals surface area contributed by atoms with E-state index in [4.69, 9.17) is 4.74 Å². The van der Waals surface area contributed by atoms with Crippen molar-refractivity contribution in [1.82, 2.24) is 24.4 Å². The van der Waals surface area contributed by atoms with Crippen LogP contribution < -0.4 is 5.56 Å². The predicted molar refractivity (Wildman–Crippen MR) is 83.0 cm³/mol. The summed E-state index contributed by atoms with van der Waals surface area (Å²) in [4.78, 5) is 28.5. The number of imidazole rings is 1. The maximum atomic E-state index is 12.1. The number of hydrogen-bond acceptors (Lipinski definition) is 8.